The average molecular weight is 405 g/mol. The van der Waals surface area contributed by atoms with E-state index in [2.05, 4.69) is 15.2 Å². The third-order valence-electron chi connectivity index (χ3n) is 4.55. The second-order valence-electron chi connectivity index (χ2n) is 6.34. The highest BCUT2D eigenvalue weighted by molar-refractivity contribution is 7.22. The van der Waals surface area contributed by atoms with Crippen molar-refractivity contribution in [1.29, 1.82) is 0 Å². The van der Waals surface area contributed by atoms with Gasteiger partial charge >= 0.3 is 6.03 Å². The molecular weight excluding hydrogens is 387 g/mol. The number of carbonyl (C=O) groups excluding carboxylic acids is 1. The fraction of sp³-hybridized carbons (Fsp3) is 0.263. The molecular formula is C19H18ClFN4OS. The van der Waals surface area contributed by atoms with Crippen molar-refractivity contribution in [2.75, 3.05) is 31.1 Å². The van der Waals surface area contributed by atoms with Gasteiger partial charge in [-0.15, -0.1) is 0 Å². The van der Waals surface area contributed by atoms with E-state index < -0.39 is 0 Å². The molecule has 140 valence electrons. The maximum atomic E-state index is 13.8. The molecule has 1 fully saturated rings. The molecule has 0 spiro atoms. The van der Waals surface area contributed by atoms with Gasteiger partial charge in [-0.1, -0.05) is 41.1 Å². The van der Waals surface area contributed by atoms with Crippen molar-refractivity contribution in [1.82, 2.24) is 15.2 Å². The first-order valence-electron chi connectivity index (χ1n) is 8.67. The Morgan fingerprint density at radius 2 is 1.89 bits per heavy atom. The van der Waals surface area contributed by atoms with Crippen molar-refractivity contribution < 1.29 is 9.18 Å². The lowest BCUT2D eigenvalue weighted by molar-refractivity contribution is 0.194. The summed E-state index contributed by atoms with van der Waals surface area (Å²) in [5.41, 5.74) is 1.42. The molecule has 5 nitrogen and oxygen atoms in total. The Bertz CT molecular complexity index is 954. The number of hydrogen-bond acceptors (Lipinski definition) is 4. The average Bonchev–Trinajstić information content (AvgIpc) is 3.13. The zero-order valence-corrected chi connectivity index (χ0v) is 16.1. The van der Waals surface area contributed by atoms with Crippen molar-refractivity contribution in [2.24, 2.45) is 0 Å². The normalized spacial score (nSPS) is 14.6. The molecule has 1 saturated heterocycles. The first kappa shape index (κ1) is 18.0. The minimum Gasteiger partial charge on any atom is -0.345 e. The summed E-state index contributed by atoms with van der Waals surface area (Å²) in [5.74, 6) is -0.296. The standard InChI is InChI=1S/C19H18ClFN4OS/c20-14-6-4-13(5-7-14)12-22-18(26)24-8-10-25(11-9-24)19-23-17-15(21)2-1-3-16(17)27-19/h1-7H,8-12H2,(H,22,26). The van der Waals surface area contributed by atoms with E-state index in [1.165, 1.54) is 17.4 Å². The lowest BCUT2D eigenvalue weighted by atomic mass is 10.2. The number of fused-ring (bicyclic) bond motifs is 1. The molecule has 0 unspecified atom stereocenters. The second kappa shape index (κ2) is 7.70. The lowest BCUT2D eigenvalue weighted by Crippen LogP contribution is -2.51. The van der Waals surface area contributed by atoms with Crippen molar-refractivity contribution >= 4 is 44.3 Å². The van der Waals surface area contributed by atoms with Gasteiger partial charge < -0.3 is 15.1 Å². The Morgan fingerprint density at radius 3 is 2.59 bits per heavy atom. The number of rotatable bonds is 3. The van der Waals surface area contributed by atoms with Crippen molar-refractivity contribution in [3.8, 4) is 0 Å². The van der Waals surface area contributed by atoms with Gasteiger partial charge in [0, 0.05) is 37.7 Å². The van der Waals surface area contributed by atoms with Crippen LogP contribution < -0.4 is 10.2 Å². The molecule has 2 heterocycles. The summed E-state index contributed by atoms with van der Waals surface area (Å²) < 4.78 is 14.7. The molecule has 2 amide bonds. The van der Waals surface area contributed by atoms with Gasteiger partial charge in [0.15, 0.2) is 5.13 Å². The predicted molar refractivity (Wildman–Crippen MR) is 107 cm³/mol. The van der Waals surface area contributed by atoms with Crippen molar-refractivity contribution in [3.63, 3.8) is 0 Å². The number of benzene rings is 2. The minimum atomic E-state index is -0.296. The quantitative estimate of drug-likeness (QED) is 0.714. The highest BCUT2D eigenvalue weighted by Crippen LogP contribution is 2.30. The van der Waals surface area contributed by atoms with Gasteiger partial charge in [0.2, 0.25) is 0 Å². The maximum Gasteiger partial charge on any atom is 0.317 e. The van der Waals surface area contributed by atoms with Crippen LogP contribution in [-0.2, 0) is 6.54 Å². The SMILES string of the molecule is O=C(NCc1ccc(Cl)cc1)N1CCN(c2nc3c(F)cccc3s2)CC1. The number of anilines is 1. The summed E-state index contributed by atoms with van der Waals surface area (Å²) in [7, 11) is 0. The summed E-state index contributed by atoms with van der Waals surface area (Å²) in [6.45, 7) is 3.02. The first-order chi connectivity index (χ1) is 13.1. The van der Waals surface area contributed by atoms with Crippen LogP contribution in [0.2, 0.25) is 5.02 Å². The first-order valence-corrected chi connectivity index (χ1v) is 9.87. The third-order valence-corrected chi connectivity index (χ3v) is 5.89. The van der Waals surface area contributed by atoms with Crippen LogP contribution in [0.5, 0.6) is 0 Å². The van der Waals surface area contributed by atoms with Crippen LogP contribution in [0.4, 0.5) is 14.3 Å². The fourth-order valence-corrected chi connectivity index (χ4v) is 4.19. The molecule has 4 rings (SSSR count). The number of carbonyl (C=O) groups is 1. The molecule has 8 heteroatoms. The van der Waals surface area contributed by atoms with E-state index in [4.69, 9.17) is 11.6 Å². The molecule has 1 N–H and O–H groups in total. The smallest absolute Gasteiger partial charge is 0.317 e. The van der Waals surface area contributed by atoms with Gasteiger partial charge in [-0.3, -0.25) is 0 Å². The topological polar surface area (TPSA) is 48.5 Å². The van der Waals surface area contributed by atoms with E-state index >= 15 is 0 Å². The highest BCUT2D eigenvalue weighted by Gasteiger charge is 2.23. The van der Waals surface area contributed by atoms with E-state index in [9.17, 15) is 9.18 Å². The Labute approximate surface area is 165 Å². The number of aromatic nitrogens is 1. The summed E-state index contributed by atoms with van der Waals surface area (Å²) in [6, 6.07) is 12.3. The number of halogens is 2. The molecule has 3 aromatic rings. The molecule has 0 radical (unpaired) electrons. The minimum absolute atomic E-state index is 0.0834. The number of urea groups is 1. The van der Waals surface area contributed by atoms with Gasteiger partial charge in [-0.05, 0) is 29.8 Å². The zero-order chi connectivity index (χ0) is 18.8. The maximum absolute atomic E-state index is 13.8. The monoisotopic (exact) mass is 404 g/mol. The summed E-state index contributed by atoms with van der Waals surface area (Å²) in [4.78, 5) is 20.7. The number of nitrogens with one attached hydrogen (secondary N) is 1. The largest absolute Gasteiger partial charge is 0.345 e. The summed E-state index contributed by atoms with van der Waals surface area (Å²) in [6.07, 6.45) is 0. The highest BCUT2D eigenvalue weighted by atomic mass is 35.5. The second-order valence-corrected chi connectivity index (χ2v) is 7.79. The molecule has 1 aliphatic heterocycles. The zero-order valence-electron chi connectivity index (χ0n) is 14.5. The van der Waals surface area contributed by atoms with E-state index in [0.717, 1.165) is 15.4 Å². The van der Waals surface area contributed by atoms with Crippen LogP contribution in [0.25, 0.3) is 10.2 Å². The van der Waals surface area contributed by atoms with E-state index in [1.54, 1.807) is 11.0 Å². The Hall–Kier alpha value is -2.38. The Morgan fingerprint density at radius 1 is 1.15 bits per heavy atom. The number of hydrogen-bond donors (Lipinski definition) is 1. The molecule has 0 bridgehead atoms. The molecule has 0 saturated carbocycles. The van der Waals surface area contributed by atoms with Crippen LogP contribution in [0.1, 0.15) is 5.56 Å². The van der Waals surface area contributed by atoms with Crippen LogP contribution in [0.15, 0.2) is 42.5 Å². The van der Waals surface area contributed by atoms with Gasteiger partial charge in [0.05, 0.1) is 4.70 Å². The van der Waals surface area contributed by atoms with Gasteiger partial charge in [-0.25, -0.2) is 14.2 Å². The van der Waals surface area contributed by atoms with E-state index in [-0.39, 0.29) is 11.8 Å². The molecule has 27 heavy (non-hydrogen) atoms. The number of nitrogens with zero attached hydrogens (tertiary/aromatic N) is 3. The molecule has 2 aromatic carbocycles. The molecule has 1 aromatic heterocycles. The van der Waals surface area contributed by atoms with Gasteiger partial charge in [0.25, 0.3) is 0 Å². The van der Waals surface area contributed by atoms with Crippen LogP contribution in [0.3, 0.4) is 0 Å². The van der Waals surface area contributed by atoms with Crippen LogP contribution >= 0.6 is 22.9 Å². The number of para-hydroxylation sites is 1. The van der Waals surface area contributed by atoms with Crippen molar-refractivity contribution in [3.05, 3.63) is 58.9 Å². The summed E-state index contributed by atoms with van der Waals surface area (Å²) in [5, 5.41) is 4.41. The predicted octanol–water partition coefficient (Wildman–Crippen LogP) is 4.12. The van der Waals surface area contributed by atoms with Gasteiger partial charge in [-0.2, -0.15) is 0 Å². The number of thiazole rings is 1. The van der Waals surface area contributed by atoms with Crippen LogP contribution in [-0.4, -0.2) is 42.1 Å². The van der Waals surface area contributed by atoms with Crippen molar-refractivity contribution in [2.45, 2.75) is 6.54 Å². The number of piperazine rings is 1. The fourth-order valence-electron chi connectivity index (χ4n) is 3.03. The Kier molecular flexibility index (Phi) is 5.13. The molecule has 0 atom stereocenters. The summed E-state index contributed by atoms with van der Waals surface area (Å²) >= 11 is 7.35. The van der Waals surface area contributed by atoms with E-state index in [0.29, 0.717) is 43.3 Å². The molecule has 0 aliphatic carbocycles. The van der Waals surface area contributed by atoms with E-state index in [1.807, 2.05) is 30.3 Å². The Balaban J connectivity index is 1.33. The van der Waals surface area contributed by atoms with Crippen LogP contribution in [0, 0.1) is 5.82 Å². The third kappa shape index (κ3) is 3.99. The molecule has 1 aliphatic rings. The lowest BCUT2D eigenvalue weighted by Gasteiger charge is -2.34. The number of amides is 2. The van der Waals surface area contributed by atoms with Gasteiger partial charge in [0.1, 0.15) is 11.3 Å².